The van der Waals surface area contributed by atoms with E-state index in [-0.39, 0.29) is 146 Å². The molecule has 33 nitrogen and oxygen atoms in total. The lowest BCUT2D eigenvalue weighted by Crippen LogP contribution is -2.56. The molecule has 8 rings (SSSR count). The number of amides is 10. The number of carbonyl (C=O) groups is 9. The molecule has 0 saturated carbocycles. The van der Waals surface area contributed by atoms with Gasteiger partial charge >= 0.3 is 30.0 Å². The summed E-state index contributed by atoms with van der Waals surface area (Å²) >= 11 is 0. The molecule has 0 unspecified atom stereocenters. The Morgan fingerprint density at radius 1 is 0.685 bits per heavy atom. The zero-order valence-electron chi connectivity index (χ0n) is 59.5. The molecule has 1 saturated heterocycles. The Balaban J connectivity index is 0.708. The molecule has 580 valence electrons. The second kappa shape index (κ2) is 40.0. The molecule has 4 heterocycles. The van der Waals surface area contributed by atoms with Gasteiger partial charge in [-0.2, -0.15) is 9.35 Å². The van der Waals surface area contributed by atoms with Crippen molar-refractivity contribution in [2.24, 2.45) is 10.3 Å². The summed E-state index contributed by atoms with van der Waals surface area (Å²) in [6.45, 7) is 6.33. The third-order valence-electron chi connectivity index (χ3n) is 16.1. The van der Waals surface area contributed by atoms with Gasteiger partial charge in [-0.05, 0) is 115 Å². The zero-order chi connectivity index (χ0) is 77.9. The van der Waals surface area contributed by atoms with Crippen molar-refractivity contribution in [3.63, 3.8) is 0 Å². The van der Waals surface area contributed by atoms with Gasteiger partial charge in [0.15, 0.2) is 0 Å². The SMILES string of the molecule is CCCNC(=O)Nc1cccc(S(=O)(=O)Nc2cccc([C@H](CC(=O)O)NC(=O)Nc3ccc(NC(=O)NCCOCCOCCOCCC(=O)N[C@@H](CC(=O)O)C(=O)N4CCC[C@H]4C(=O)N[C@H](C(=O)N=[S@](C)(=O)Cc4cc5nc(c4)OCCCOc4cc(F)ccc4-c4cc(ncc4F)N5)C(C)C)cc3)c2)c1. The number of ether oxygens (including phenoxy) is 5. The lowest BCUT2D eigenvalue weighted by Gasteiger charge is -2.29. The van der Waals surface area contributed by atoms with Crippen molar-refractivity contribution in [1.82, 2.24) is 41.5 Å². The number of likely N-dealkylation sites (tertiary alicyclic amines) is 1. The molecule has 1 fully saturated rings. The Bertz CT molecular complexity index is 4460. The van der Waals surface area contributed by atoms with E-state index in [0.717, 1.165) is 17.2 Å². The van der Waals surface area contributed by atoms with Gasteiger partial charge in [0.1, 0.15) is 47.1 Å². The van der Waals surface area contributed by atoms with E-state index in [9.17, 15) is 70.4 Å². The first-order valence-electron chi connectivity index (χ1n) is 34.4. The van der Waals surface area contributed by atoms with Crippen LogP contribution in [0.2, 0.25) is 0 Å². The number of aromatic nitrogens is 2. The van der Waals surface area contributed by atoms with Gasteiger partial charge in [-0.1, -0.05) is 39.0 Å². The molecule has 4 bridgehead atoms. The van der Waals surface area contributed by atoms with Crippen LogP contribution in [-0.2, 0) is 68.5 Å². The highest BCUT2D eigenvalue weighted by molar-refractivity contribution is 7.93. The van der Waals surface area contributed by atoms with Gasteiger partial charge in [-0.3, -0.25) is 33.5 Å². The van der Waals surface area contributed by atoms with Crippen molar-refractivity contribution in [1.29, 1.82) is 0 Å². The summed E-state index contributed by atoms with van der Waals surface area (Å²) in [4.78, 5) is 126. The van der Waals surface area contributed by atoms with Crippen LogP contribution in [0, 0.1) is 17.6 Å². The largest absolute Gasteiger partial charge is 0.493 e. The number of benzene rings is 4. The number of hydrogen-bond acceptors (Lipinski definition) is 20. The summed E-state index contributed by atoms with van der Waals surface area (Å²) in [7, 11) is -7.61. The highest BCUT2D eigenvalue weighted by Gasteiger charge is 2.40. The average molecular weight is 1540 g/mol. The minimum atomic E-state index is -4.19. The summed E-state index contributed by atoms with van der Waals surface area (Å²) in [6, 6.07) is 18.6. The van der Waals surface area contributed by atoms with Crippen LogP contribution < -0.4 is 62.0 Å². The number of nitrogens with zero attached hydrogens (tertiary/aromatic N) is 4. The van der Waals surface area contributed by atoms with E-state index in [0.29, 0.717) is 37.1 Å². The van der Waals surface area contributed by atoms with Crippen LogP contribution >= 0.6 is 0 Å². The molecule has 4 aromatic carbocycles. The first kappa shape index (κ1) is 82.5. The lowest BCUT2D eigenvalue weighted by molar-refractivity contribution is -0.146. The standard InChI is InChI=1S/C71H86F2N14O19S2/c1-5-22-74-69(96)79-49-11-7-13-51(37-49)108(100,101)85-50-12-6-10-45(35-50)55(39-63(89)90)81-71(98)78-48-18-16-47(17-19-48)77-70(97)75-23-28-103-30-32-104-31-29-102-27-21-61(88)80-56(40-64(91)92)68(95)87-24-8-14-57(87)66(93)84-65(43(2)3)67(94)86-107(4,99)42-44-33-60-82-59-38-53(54(73)41-76-59)52-20-15-46(72)36-58(52)105-25-9-26-106-62(34-44)83-60/h6-7,10-13,15-20,33-38,41,43,55-57,65,85H,5,8-9,14,21-32,39-40,42H2,1-4H3,(H,80,88)(H,84,93)(H,89,90)(H,91,92)(H2,74,79,96)(H2,75,77,97)(H,76,82,83)(H2,78,81,98)/t55-,56-,57-,65-,107+/m0/s1. The number of carboxylic acids is 2. The van der Waals surface area contributed by atoms with Crippen molar-refractivity contribution < 1.29 is 98.5 Å². The van der Waals surface area contributed by atoms with Gasteiger partial charge < -0.3 is 86.6 Å². The predicted octanol–water partition coefficient (Wildman–Crippen LogP) is 7.47. The van der Waals surface area contributed by atoms with Crippen LogP contribution in [0.25, 0.3) is 11.1 Å². The topological polar surface area (TPSA) is 453 Å². The highest BCUT2D eigenvalue weighted by Crippen LogP contribution is 2.35. The number of halogens is 2. The molecule has 5 atom stereocenters. The van der Waals surface area contributed by atoms with Crippen LogP contribution in [0.3, 0.4) is 0 Å². The van der Waals surface area contributed by atoms with E-state index < -0.39 is 128 Å². The quantitative estimate of drug-likeness (QED) is 0.0174. The van der Waals surface area contributed by atoms with Crippen molar-refractivity contribution >= 4 is 108 Å². The molecule has 108 heavy (non-hydrogen) atoms. The van der Waals surface area contributed by atoms with E-state index in [4.69, 9.17) is 23.7 Å². The Morgan fingerprint density at radius 2 is 1.34 bits per heavy atom. The van der Waals surface area contributed by atoms with Crippen molar-refractivity contribution in [3.8, 4) is 22.8 Å². The van der Waals surface area contributed by atoms with Crippen LogP contribution in [0.1, 0.15) is 82.9 Å². The molecule has 2 aromatic heterocycles. The Morgan fingerprint density at radius 3 is 2.05 bits per heavy atom. The van der Waals surface area contributed by atoms with Crippen LogP contribution in [0.15, 0.2) is 125 Å². The number of urea groups is 3. The predicted molar refractivity (Wildman–Crippen MR) is 392 cm³/mol. The molecule has 2 aliphatic heterocycles. The molecule has 0 spiro atoms. The fourth-order valence-electron chi connectivity index (χ4n) is 11.1. The van der Waals surface area contributed by atoms with E-state index in [1.807, 2.05) is 6.92 Å². The summed E-state index contributed by atoms with van der Waals surface area (Å²) in [5, 5.41) is 43.2. The van der Waals surface area contributed by atoms with E-state index in [1.165, 1.54) is 109 Å². The van der Waals surface area contributed by atoms with Crippen LogP contribution in [0.5, 0.6) is 11.6 Å². The van der Waals surface area contributed by atoms with Gasteiger partial charge in [0.25, 0.3) is 15.9 Å². The first-order valence-corrected chi connectivity index (χ1v) is 38.0. The van der Waals surface area contributed by atoms with Gasteiger partial charge in [-0.25, -0.2) is 40.8 Å². The normalized spacial score (nSPS) is 14.7. The lowest BCUT2D eigenvalue weighted by atomic mass is 10.0. The van der Waals surface area contributed by atoms with Crippen LogP contribution in [0.4, 0.5) is 57.5 Å². The number of nitrogens with one attached hydrogen (secondary N) is 10. The monoisotopic (exact) mass is 1540 g/mol. The number of sulfonamides is 1. The first-order chi connectivity index (χ1) is 51.6. The number of carboxylic acid groups (broad SMARTS) is 2. The summed E-state index contributed by atoms with van der Waals surface area (Å²) in [5.74, 6) is -7.52. The fraction of sp³-hybridized carbons (Fsp3) is 0.394. The number of pyridine rings is 2. The number of fused-ring (bicyclic) bond motifs is 6. The van der Waals surface area contributed by atoms with Gasteiger partial charge in [0.05, 0.1) is 98.3 Å². The smallest absolute Gasteiger partial charge is 0.319 e. The number of anilines is 6. The van der Waals surface area contributed by atoms with E-state index in [1.54, 1.807) is 13.8 Å². The molecule has 0 aliphatic carbocycles. The molecule has 6 aromatic rings. The molecule has 2 aliphatic rings. The molecule has 10 amide bonds. The van der Waals surface area contributed by atoms with Crippen LogP contribution in [-0.4, -0.2) is 188 Å². The Kier molecular flexibility index (Phi) is 30.5. The maximum Gasteiger partial charge on any atom is 0.319 e. The number of aliphatic carboxylic acids is 2. The van der Waals surface area contributed by atoms with Crippen molar-refractivity contribution in [3.05, 3.63) is 138 Å². The summed E-state index contributed by atoms with van der Waals surface area (Å²) in [6.07, 6.45) is 2.09. The molecular weight excluding hydrogens is 1450 g/mol. The van der Waals surface area contributed by atoms with Crippen molar-refractivity contribution in [2.75, 3.05) is 105 Å². The minimum Gasteiger partial charge on any atom is -0.493 e. The molecular formula is C71H86F2N14O19S2. The Labute approximate surface area is 621 Å². The van der Waals surface area contributed by atoms with E-state index in [2.05, 4.69) is 66.9 Å². The van der Waals surface area contributed by atoms with Gasteiger partial charge in [0.2, 0.25) is 23.6 Å². The molecule has 37 heteroatoms. The van der Waals surface area contributed by atoms with E-state index >= 15 is 4.39 Å². The average Bonchev–Trinajstić information content (AvgIpc) is 1.04. The Hall–Kier alpha value is -11.2. The number of hydrogen-bond donors (Lipinski definition) is 12. The number of carbonyl (C=O) groups excluding carboxylic acids is 7. The molecule has 0 radical (unpaired) electrons. The maximum absolute atomic E-state index is 15.2. The maximum atomic E-state index is 15.2. The summed E-state index contributed by atoms with van der Waals surface area (Å²) in [5.41, 5.74) is 1.95. The zero-order valence-corrected chi connectivity index (χ0v) is 61.1. The highest BCUT2D eigenvalue weighted by atomic mass is 32.2. The molecule has 12 N–H and O–H groups in total. The fourth-order valence-corrected chi connectivity index (χ4v) is 13.5. The number of rotatable bonds is 34. The van der Waals surface area contributed by atoms with Gasteiger partial charge in [0, 0.05) is 84.7 Å². The third kappa shape index (κ3) is 26.1. The second-order valence-corrected chi connectivity index (χ2v) is 29.2. The van der Waals surface area contributed by atoms with Crippen molar-refractivity contribution in [2.45, 2.75) is 101 Å². The van der Waals surface area contributed by atoms with Gasteiger partial charge in [-0.15, -0.1) is 0 Å². The summed E-state index contributed by atoms with van der Waals surface area (Å²) < 4.78 is 105. The second-order valence-electron chi connectivity index (χ2n) is 25.2. The minimum absolute atomic E-state index is 0.0323. The third-order valence-corrected chi connectivity index (χ3v) is 18.9.